The molecule has 164 valence electrons. The van der Waals surface area contributed by atoms with Gasteiger partial charge in [-0.3, -0.25) is 14.2 Å². The van der Waals surface area contributed by atoms with E-state index in [4.69, 9.17) is 9.47 Å². The molecule has 0 unspecified atom stereocenters. The fraction of sp³-hybridized carbons (Fsp3) is 0.667. The smallest absolute Gasteiger partial charge is 0.332 e. The van der Waals surface area contributed by atoms with Crippen molar-refractivity contribution in [3.8, 4) is 0 Å². The number of aromatic nitrogens is 2. The van der Waals surface area contributed by atoms with Crippen molar-refractivity contribution in [3.63, 3.8) is 0 Å². The number of methoxy groups -OCH3 is 1. The molecule has 2 aliphatic heterocycles. The molecule has 2 aromatic heterocycles. The molecular formula is C21H29N3O5S. The van der Waals surface area contributed by atoms with Crippen molar-refractivity contribution < 1.29 is 14.3 Å². The first kappa shape index (κ1) is 21.3. The summed E-state index contributed by atoms with van der Waals surface area (Å²) in [6.07, 6.45) is 4.19. The van der Waals surface area contributed by atoms with Gasteiger partial charge in [-0.2, -0.15) is 0 Å². The zero-order chi connectivity index (χ0) is 21.5. The van der Waals surface area contributed by atoms with Crippen LogP contribution in [-0.2, 0) is 40.4 Å². The third kappa shape index (κ3) is 3.98. The Morgan fingerprint density at radius 3 is 2.57 bits per heavy atom. The quantitative estimate of drug-likeness (QED) is 0.666. The van der Waals surface area contributed by atoms with E-state index in [0.29, 0.717) is 29.8 Å². The van der Waals surface area contributed by atoms with Crippen molar-refractivity contribution in [1.82, 2.24) is 14.0 Å². The Bertz CT molecular complexity index is 1070. The fourth-order valence-electron chi connectivity index (χ4n) is 4.36. The molecule has 0 spiro atoms. The fourth-order valence-corrected chi connectivity index (χ4v) is 5.60. The van der Waals surface area contributed by atoms with Gasteiger partial charge >= 0.3 is 11.7 Å². The first-order valence-electron chi connectivity index (χ1n) is 10.5. The van der Waals surface area contributed by atoms with Gasteiger partial charge in [0.2, 0.25) is 0 Å². The highest BCUT2D eigenvalue weighted by Crippen LogP contribution is 2.37. The number of likely N-dealkylation sites (tertiary alicyclic amines) is 1. The van der Waals surface area contributed by atoms with Gasteiger partial charge in [0, 0.05) is 24.4 Å². The number of thiophene rings is 1. The van der Waals surface area contributed by atoms with Crippen molar-refractivity contribution in [2.24, 2.45) is 0 Å². The molecule has 8 nitrogen and oxygen atoms in total. The molecule has 4 rings (SSSR count). The zero-order valence-corrected chi connectivity index (χ0v) is 18.7. The minimum atomic E-state index is -0.608. The predicted octanol–water partition coefficient (Wildman–Crippen LogP) is 1.73. The van der Waals surface area contributed by atoms with E-state index >= 15 is 0 Å². The van der Waals surface area contributed by atoms with E-state index in [9.17, 15) is 14.4 Å². The van der Waals surface area contributed by atoms with Crippen LogP contribution in [0.4, 0.5) is 0 Å². The number of ether oxygens (including phenoxy) is 2. The standard InChI is InChI=1S/C21H29N3O5S/c1-21(2)11-14-15(13-29-21)30-19-17(14)18(26)24(12-16(25)28-3)20(27)23(19)10-9-22-7-5-4-6-8-22/h4-13H2,1-3H3. The molecule has 0 aromatic carbocycles. The van der Waals surface area contributed by atoms with Crippen LogP contribution >= 0.6 is 11.3 Å². The van der Waals surface area contributed by atoms with Gasteiger partial charge in [0.1, 0.15) is 11.4 Å². The van der Waals surface area contributed by atoms with Crippen LogP contribution in [0.2, 0.25) is 0 Å². The van der Waals surface area contributed by atoms with Crippen molar-refractivity contribution in [2.75, 3.05) is 26.7 Å². The van der Waals surface area contributed by atoms with Crippen LogP contribution in [0, 0.1) is 0 Å². The summed E-state index contributed by atoms with van der Waals surface area (Å²) in [5.74, 6) is -0.608. The number of fused-ring (bicyclic) bond motifs is 3. The van der Waals surface area contributed by atoms with Gasteiger partial charge in [-0.1, -0.05) is 6.42 Å². The van der Waals surface area contributed by atoms with Gasteiger partial charge in [-0.05, 0) is 45.3 Å². The molecule has 9 heteroatoms. The highest BCUT2D eigenvalue weighted by molar-refractivity contribution is 7.18. The minimum absolute atomic E-state index is 0.377. The van der Waals surface area contributed by atoms with E-state index in [0.717, 1.165) is 34.6 Å². The monoisotopic (exact) mass is 435 g/mol. The van der Waals surface area contributed by atoms with Gasteiger partial charge in [0.05, 0.1) is 24.7 Å². The second-order valence-electron chi connectivity index (χ2n) is 8.71. The average molecular weight is 436 g/mol. The van der Waals surface area contributed by atoms with E-state index in [1.807, 2.05) is 13.8 Å². The summed E-state index contributed by atoms with van der Waals surface area (Å²) in [7, 11) is 1.26. The van der Waals surface area contributed by atoms with E-state index in [2.05, 4.69) is 4.90 Å². The summed E-state index contributed by atoms with van der Waals surface area (Å²) in [4.78, 5) is 42.5. The number of hydrogen-bond acceptors (Lipinski definition) is 7. The highest BCUT2D eigenvalue weighted by Gasteiger charge is 2.32. The lowest BCUT2D eigenvalue weighted by molar-refractivity contribution is -0.141. The van der Waals surface area contributed by atoms with Crippen molar-refractivity contribution in [3.05, 3.63) is 31.3 Å². The van der Waals surface area contributed by atoms with Gasteiger partial charge < -0.3 is 14.4 Å². The third-order valence-corrected chi connectivity index (χ3v) is 7.27. The van der Waals surface area contributed by atoms with E-state index in [1.54, 1.807) is 4.57 Å². The zero-order valence-electron chi connectivity index (χ0n) is 17.9. The largest absolute Gasteiger partial charge is 0.468 e. The molecule has 1 fully saturated rings. The van der Waals surface area contributed by atoms with E-state index < -0.39 is 17.2 Å². The van der Waals surface area contributed by atoms with E-state index in [-0.39, 0.29) is 12.1 Å². The number of esters is 1. The number of carbonyl (C=O) groups is 1. The third-order valence-electron chi connectivity index (χ3n) is 6.04. The summed E-state index contributed by atoms with van der Waals surface area (Å²) >= 11 is 1.47. The maximum Gasteiger partial charge on any atom is 0.332 e. The Morgan fingerprint density at radius 2 is 1.87 bits per heavy atom. The Hall–Kier alpha value is -1.97. The van der Waals surface area contributed by atoms with Crippen molar-refractivity contribution >= 4 is 27.5 Å². The van der Waals surface area contributed by atoms with Crippen LogP contribution in [0.1, 0.15) is 43.6 Å². The SMILES string of the molecule is COC(=O)Cn1c(=O)c2c3c(sc2n(CCN2CCCCC2)c1=O)COC(C)(C)C3. The lowest BCUT2D eigenvalue weighted by atomic mass is 9.94. The van der Waals surface area contributed by atoms with Crippen molar-refractivity contribution in [1.29, 1.82) is 0 Å². The maximum atomic E-state index is 13.3. The first-order chi connectivity index (χ1) is 14.3. The molecule has 2 aromatic rings. The summed E-state index contributed by atoms with van der Waals surface area (Å²) in [5, 5.41) is 0.550. The molecule has 0 amide bonds. The van der Waals surface area contributed by atoms with Crippen LogP contribution in [-0.4, -0.2) is 52.3 Å². The molecule has 0 aliphatic carbocycles. The lowest BCUT2D eigenvalue weighted by Gasteiger charge is -2.30. The second-order valence-corrected chi connectivity index (χ2v) is 9.80. The molecule has 4 heterocycles. The summed E-state index contributed by atoms with van der Waals surface area (Å²) in [5.41, 5.74) is -0.296. The van der Waals surface area contributed by atoms with Crippen LogP contribution in [0.5, 0.6) is 0 Å². The Kier molecular flexibility index (Phi) is 5.87. The van der Waals surface area contributed by atoms with Gasteiger partial charge in [0.15, 0.2) is 0 Å². The van der Waals surface area contributed by atoms with Crippen molar-refractivity contribution in [2.45, 2.75) is 64.8 Å². The number of carbonyl (C=O) groups excluding carboxylic acids is 1. The Balaban J connectivity index is 1.83. The Morgan fingerprint density at radius 1 is 1.13 bits per heavy atom. The van der Waals surface area contributed by atoms with Crippen LogP contribution in [0.15, 0.2) is 9.59 Å². The molecular weight excluding hydrogens is 406 g/mol. The van der Waals surface area contributed by atoms with Gasteiger partial charge in [-0.25, -0.2) is 9.36 Å². The molecule has 0 radical (unpaired) electrons. The first-order valence-corrected chi connectivity index (χ1v) is 11.3. The molecule has 0 N–H and O–H groups in total. The lowest BCUT2D eigenvalue weighted by Crippen LogP contribution is -2.43. The van der Waals surface area contributed by atoms with Crippen LogP contribution in [0.3, 0.4) is 0 Å². The molecule has 0 atom stereocenters. The predicted molar refractivity (Wildman–Crippen MR) is 115 cm³/mol. The number of rotatable bonds is 5. The van der Waals surface area contributed by atoms with Crippen LogP contribution < -0.4 is 11.2 Å². The number of piperidine rings is 1. The average Bonchev–Trinajstić information content (AvgIpc) is 3.09. The molecule has 30 heavy (non-hydrogen) atoms. The Labute approximate surface area is 179 Å². The molecule has 1 saturated heterocycles. The van der Waals surface area contributed by atoms with Crippen LogP contribution in [0.25, 0.3) is 10.2 Å². The maximum absolute atomic E-state index is 13.3. The summed E-state index contributed by atoms with van der Waals surface area (Å²) in [6.45, 7) is 7.34. The summed E-state index contributed by atoms with van der Waals surface area (Å²) < 4.78 is 13.4. The van der Waals surface area contributed by atoms with E-state index in [1.165, 1.54) is 37.7 Å². The molecule has 0 bridgehead atoms. The van der Waals surface area contributed by atoms with Gasteiger partial charge in [0.25, 0.3) is 5.56 Å². The normalized spacial score (nSPS) is 19.0. The number of hydrogen-bond donors (Lipinski definition) is 0. The molecule has 0 saturated carbocycles. The number of nitrogens with zero attached hydrogens (tertiary/aromatic N) is 3. The summed E-state index contributed by atoms with van der Waals surface area (Å²) in [6, 6.07) is 0. The minimum Gasteiger partial charge on any atom is -0.468 e. The molecule has 2 aliphatic rings. The van der Waals surface area contributed by atoms with Gasteiger partial charge in [-0.15, -0.1) is 11.3 Å². The second kappa shape index (κ2) is 8.28. The topological polar surface area (TPSA) is 82.8 Å². The highest BCUT2D eigenvalue weighted by atomic mass is 32.1.